The van der Waals surface area contributed by atoms with Crippen LogP contribution in [0.5, 0.6) is 11.5 Å². The Labute approximate surface area is 181 Å². The first-order valence-corrected chi connectivity index (χ1v) is 10.1. The molecule has 1 heterocycles. The largest absolute Gasteiger partial charge is 0.493 e. The van der Waals surface area contributed by atoms with Gasteiger partial charge in [-0.1, -0.05) is 47.6 Å². The van der Waals surface area contributed by atoms with Crippen LogP contribution in [0, 0.1) is 0 Å². The van der Waals surface area contributed by atoms with Gasteiger partial charge in [-0.15, -0.1) is 5.10 Å². The number of halogens is 1. The molecule has 1 aliphatic heterocycles. The summed E-state index contributed by atoms with van der Waals surface area (Å²) in [4.78, 5) is 22.6. The fourth-order valence-corrected chi connectivity index (χ4v) is 3.71. The molecule has 1 saturated heterocycles. The first-order valence-electron chi connectivity index (χ1n) is 8.81. The zero-order valence-corrected chi connectivity index (χ0v) is 17.4. The summed E-state index contributed by atoms with van der Waals surface area (Å²) in [6.45, 7) is 0.234. The van der Waals surface area contributed by atoms with Gasteiger partial charge in [0.25, 0.3) is 0 Å². The SMILES string of the molecule is COc1cccc(/C=N/N=C2\NC(=O)C(CC(=O)O)S2)c1OCc1ccccc1Cl. The van der Waals surface area contributed by atoms with Crippen LogP contribution in [0.4, 0.5) is 0 Å². The molecule has 10 heteroatoms. The molecule has 1 fully saturated rings. The molecule has 0 spiro atoms. The Kier molecular flexibility index (Phi) is 7.31. The summed E-state index contributed by atoms with van der Waals surface area (Å²) >= 11 is 7.21. The molecule has 1 atom stereocenters. The Bertz CT molecular complexity index is 1010. The number of nitrogens with zero attached hydrogens (tertiary/aromatic N) is 2. The van der Waals surface area contributed by atoms with Crippen molar-refractivity contribution in [2.45, 2.75) is 18.3 Å². The van der Waals surface area contributed by atoms with Crippen LogP contribution in [0.1, 0.15) is 17.5 Å². The lowest BCUT2D eigenvalue weighted by Crippen LogP contribution is -2.26. The monoisotopic (exact) mass is 447 g/mol. The number of benzene rings is 2. The van der Waals surface area contributed by atoms with Gasteiger partial charge in [0.15, 0.2) is 16.7 Å². The van der Waals surface area contributed by atoms with Gasteiger partial charge in [-0.25, -0.2) is 0 Å². The van der Waals surface area contributed by atoms with Crippen LogP contribution < -0.4 is 14.8 Å². The third-order valence-electron chi connectivity index (χ3n) is 4.04. The van der Waals surface area contributed by atoms with Gasteiger partial charge in [-0.3, -0.25) is 9.59 Å². The molecule has 1 amide bonds. The topological polar surface area (TPSA) is 110 Å². The minimum absolute atomic E-state index is 0.234. The first kappa shape index (κ1) is 21.7. The lowest BCUT2D eigenvalue weighted by Gasteiger charge is -2.13. The molecule has 0 bridgehead atoms. The number of amides is 1. The normalized spacial score (nSPS) is 17.3. The molecule has 1 unspecified atom stereocenters. The van der Waals surface area contributed by atoms with Crippen molar-refractivity contribution in [2.75, 3.05) is 7.11 Å². The van der Waals surface area contributed by atoms with E-state index in [1.807, 2.05) is 18.2 Å². The summed E-state index contributed by atoms with van der Waals surface area (Å²) in [6, 6.07) is 12.7. The number of para-hydroxylation sites is 1. The van der Waals surface area contributed by atoms with Gasteiger partial charge in [0.2, 0.25) is 5.91 Å². The third-order valence-corrected chi connectivity index (χ3v) is 5.48. The highest BCUT2D eigenvalue weighted by Gasteiger charge is 2.32. The molecule has 30 heavy (non-hydrogen) atoms. The zero-order valence-electron chi connectivity index (χ0n) is 15.9. The smallest absolute Gasteiger partial charge is 0.305 e. The average molecular weight is 448 g/mol. The van der Waals surface area contributed by atoms with E-state index >= 15 is 0 Å². The fraction of sp³-hybridized carbons (Fsp3) is 0.200. The number of thioether (sulfide) groups is 1. The maximum absolute atomic E-state index is 11.8. The minimum Gasteiger partial charge on any atom is -0.493 e. The van der Waals surface area contributed by atoms with Crippen LogP contribution in [-0.4, -0.2) is 40.7 Å². The highest BCUT2D eigenvalue weighted by molar-refractivity contribution is 8.15. The molecule has 3 rings (SSSR count). The number of ether oxygens (including phenoxy) is 2. The van der Waals surface area contributed by atoms with Crippen molar-refractivity contribution >= 4 is 46.6 Å². The summed E-state index contributed by atoms with van der Waals surface area (Å²) in [5.41, 5.74) is 1.44. The summed E-state index contributed by atoms with van der Waals surface area (Å²) < 4.78 is 11.3. The van der Waals surface area contributed by atoms with Gasteiger partial charge in [-0.2, -0.15) is 5.10 Å². The number of amidine groups is 1. The second kappa shape index (κ2) is 10.1. The number of carbonyl (C=O) groups is 2. The Morgan fingerprint density at radius 3 is 2.83 bits per heavy atom. The van der Waals surface area contributed by atoms with E-state index < -0.39 is 17.1 Å². The summed E-state index contributed by atoms with van der Waals surface area (Å²) in [6.07, 6.45) is 1.18. The summed E-state index contributed by atoms with van der Waals surface area (Å²) in [7, 11) is 1.53. The predicted molar refractivity (Wildman–Crippen MR) is 116 cm³/mol. The number of rotatable bonds is 8. The number of carboxylic acids is 1. The van der Waals surface area contributed by atoms with Gasteiger partial charge in [0.1, 0.15) is 11.9 Å². The van der Waals surface area contributed by atoms with Crippen molar-refractivity contribution in [3.8, 4) is 11.5 Å². The Balaban J connectivity index is 1.75. The number of hydrogen-bond acceptors (Lipinski definition) is 7. The molecule has 2 aromatic rings. The van der Waals surface area contributed by atoms with Gasteiger partial charge < -0.3 is 19.9 Å². The van der Waals surface area contributed by atoms with E-state index in [9.17, 15) is 9.59 Å². The average Bonchev–Trinajstić information content (AvgIpc) is 3.06. The highest BCUT2D eigenvalue weighted by atomic mass is 35.5. The van der Waals surface area contributed by atoms with Crippen LogP contribution in [0.3, 0.4) is 0 Å². The molecule has 8 nitrogen and oxygen atoms in total. The van der Waals surface area contributed by atoms with E-state index in [1.165, 1.54) is 13.3 Å². The number of hydrogen-bond donors (Lipinski definition) is 2. The van der Waals surface area contributed by atoms with Gasteiger partial charge in [-0.05, 0) is 18.2 Å². The zero-order chi connectivity index (χ0) is 21.5. The van der Waals surface area contributed by atoms with E-state index in [4.69, 9.17) is 26.2 Å². The molecule has 0 aromatic heterocycles. The number of methoxy groups -OCH3 is 1. The van der Waals surface area contributed by atoms with Crippen LogP contribution in [0.15, 0.2) is 52.7 Å². The number of carboxylic acid groups (broad SMARTS) is 1. The van der Waals surface area contributed by atoms with E-state index in [-0.39, 0.29) is 18.2 Å². The van der Waals surface area contributed by atoms with Crippen molar-refractivity contribution in [1.29, 1.82) is 0 Å². The lowest BCUT2D eigenvalue weighted by atomic mass is 10.2. The van der Waals surface area contributed by atoms with Crippen LogP contribution >= 0.6 is 23.4 Å². The molecule has 2 aromatic carbocycles. The van der Waals surface area contributed by atoms with Crippen molar-refractivity contribution in [2.24, 2.45) is 10.2 Å². The second-order valence-electron chi connectivity index (χ2n) is 6.10. The molecule has 1 aliphatic rings. The molecular formula is C20H18ClN3O5S. The second-order valence-corrected chi connectivity index (χ2v) is 7.70. The minimum atomic E-state index is -1.05. The van der Waals surface area contributed by atoms with Gasteiger partial charge in [0.05, 0.1) is 19.7 Å². The van der Waals surface area contributed by atoms with E-state index in [2.05, 4.69) is 15.5 Å². The van der Waals surface area contributed by atoms with E-state index in [1.54, 1.807) is 24.3 Å². The maximum Gasteiger partial charge on any atom is 0.305 e. The summed E-state index contributed by atoms with van der Waals surface area (Å²) in [5.74, 6) is -0.468. The van der Waals surface area contributed by atoms with Crippen LogP contribution in [-0.2, 0) is 16.2 Å². The number of aliphatic carboxylic acids is 1. The standard InChI is InChI=1S/C20H18ClN3O5S/c1-28-15-8-4-6-12(18(15)29-11-13-5-2-3-7-14(13)21)10-22-24-20-23-19(27)16(30-20)9-17(25)26/h2-8,10,16H,9,11H2,1H3,(H,25,26)(H,23,24,27)/b22-10+. The molecular weight excluding hydrogens is 430 g/mol. The van der Waals surface area contributed by atoms with Gasteiger partial charge in [0, 0.05) is 16.1 Å². The third kappa shape index (κ3) is 5.52. The molecule has 2 N–H and O–H groups in total. The summed E-state index contributed by atoms with van der Waals surface area (Å²) in [5, 5.41) is 19.4. The molecule has 0 radical (unpaired) electrons. The van der Waals surface area contributed by atoms with E-state index in [0.29, 0.717) is 22.1 Å². The predicted octanol–water partition coefficient (Wildman–Crippen LogP) is 3.32. The van der Waals surface area contributed by atoms with Crippen LogP contribution in [0.25, 0.3) is 0 Å². The van der Waals surface area contributed by atoms with Crippen molar-refractivity contribution in [3.63, 3.8) is 0 Å². The van der Waals surface area contributed by atoms with Crippen molar-refractivity contribution < 1.29 is 24.2 Å². The van der Waals surface area contributed by atoms with E-state index in [0.717, 1.165) is 17.3 Å². The quantitative estimate of drug-likeness (QED) is 0.474. The van der Waals surface area contributed by atoms with Gasteiger partial charge >= 0.3 is 5.97 Å². The number of carbonyl (C=O) groups excluding carboxylic acids is 1. The Morgan fingerprint density at radius 2 is 2.10 bits per heavy atom. The molecule has 0 aliphatic carbocycles. The maximum atomic E-state index is 11.8. The lowest BCUT2D eigenvalue weighted by molar-refractivity contribution is -0.138. The van der Waals surface area contributed by atoms with Crippen LogP contribution in [0.2, 0.25) is 5.02 Å². The Morgan fingerprint density at radius 1 is 1.30 bits per heavy atom. The molecule has 156 valence electrons. The highest BCUT2D eigenvalue weighted by Crippen LogP contribution is 2.31. The first-order chi connectivity index (χ1) is 14.5. The Hall–Kier alpha value is -3.04. The fourth-order valence-electron chi connectivity index (χ4n) is 2.60. The van der Waals surface area contributed by atoms with Crippen molar-refractivity contribution in [1.82, 2.24) is 5.32 Å². The molecule has 0 saturated carbocycles. The van der Waals surface area contributed by atoms with Crippen molar-refractivity contribution in [3.05, 3.63) is 58.6 Å². The number of nitrogens with one attached hydrogen (secondary N) is 1.